The number of phenols is 2. The second-order valence-electron chi connectivity index (χ2n) is 21.5. The molecule has 2 aliphatic rings. The van der Waals surface area contributed by atoms with Gasteiger partial charge < -0.3 is 60.2 Å². The third-order valence-corrected chi connectivity index (χ3v) is 20.6. The summed E-state index contributed by atoms with van der Waals surface area (Å²) in [7, 11) is -22.0. The van der Waals surface area contributed by atoms with Crippen LogP contribution in [0.2, 0.25) is 0 Å². The first kappa shape index (κ1) is 74.5. The predicted molar refractivity (Wildman–Crippen MR) is 358 cm³/mol. The van der Waals surface area contributed by atoms with Crippen molar-refractivity contribution in [1.29, 1.82) is 0 Å². The van der Waals surface area contributed by atoms with E-state index in [0.717, 1.165) is 43.5 Å². The Bertz CT molecular complexity index is 5140. The Morgan fingerprint density at radius 3 is 1.68 bits per heavy atom. The lowest BCUT2D eigenvalue weighted by Crippen LogP contribution is -2.37. The van der Waals surface area contributed by atoms with Crippen LogP contribution in [-0.2, 0) is 73.3 Å². The zero-order valence-electron chi connectivity index (χ0n) is 52.7. The SMILES string of the molecule is COc1ccc(S(=O)(=O)CCOSOOO)cc1N=Nc1ccc2cc(S(=O)(=O)O)cc(Nc3nc(NCCCCNc4nc(Nc5ccc6c(O)c(N=Nc7cc(C)c(S(=O)(=O)O)cc7OC)c(S(=O)(=O)O)cc6c5S(=O)(=O)O)nc(N5CCOCC5)n4)nc(N4CCOCC4)n3)c2c1O. The third kappa shape index (κ3) is 18.1. The van der Waals surface area contributed by atoms with Gasteiger partial charge in [0.05, 0.1) is 74.2 Å². The summed E-state index contributed by atoms with van der Waals surface area (Å²) in [4.78, 5) is 27.4. The highest BCUT2D eigenvalue weighted by atomic mass is 32.2. The van der Waals surface area contributed by atoms with Gasteiger partial charge in [-0.05, 0) is 91.4 Å². The van der Waals surface area contributed by atoms with E-state index in [4.69, 9.17) is 28.4 Å². The van der Waals surface area contributed by atoms with Gasteiger partial charge in [0.1, 0.15) is 48.9 Å². The van der Waals surface area contributed by atoms with Gasteiger partial charge in [0, 0.05) is 61.5 Å². The van der Waals surface area contributed by atoms with Crippen molar-refractivity contribution < 1.29 is 108 Å². The molecule has 6 aromatic carbocycles. The molecular weight excluding hydrogens is 1460 g/mol. The largest absolute Gasteiger partial charge is 0.505 e. The number of nitrogens with one attached hydrogen (secondary N) is 4. The van der Waals surface area contributed by atoms with Crippen molar-refractivity contribution in [2.45, 2.75) is 44.2 Å². The van der Waals surface area contributed by atoms with E-state index >= 15 is 0 Å². The molecule has 46 heteroatoms. The minimum absolute atomic E-state index is 0.0252. The van der Waals surface area contributed by atoms with Crippen molar-refractivity contribution in [2.24, 2.45) is 20.5 Å². The van der Waals surface area contributed by atoms with Crippen molar-refractivity contribution in [3.05, 3.63) is 78.4 Å². The number of benzene rings is 6. The lowest BCUT2D eigenvalue weighted by Gasteiger charge is -2.27. The number of morpholine rings is 2. The molecule has 11 N–H and O–H groups in total. The summed E-state index contributed by atoms with van der Waals surface area (Å²) in [5, 5.41) is 62.2. The molecule has 0 atom stereocenters. The van der Waals surface area contributed by atoms with Crippen LogP contribution in [0.1, 0.15) is 18.4 Å². The van der Waals surface area contributed by atoms with Gasteiger partial charge in [-0.25, -0.2) is 13.7 Å². The molecule has 8 aromatic rings. The van der Waals surface area contributed by atoms with Crippen LogP contribution in [0.5, 0.6) is 23.0 Å². The van der Waals surface area contributed by atoms with E-state index in [1.807, 2.05) is 4.90 Å². The Hall–Kier alpha value is -9.24. The number of nitrogens with zero attached hydrogens (tertiary/aromatic N) is 12. The lowest BCUT2D eigenvalue weighted by molar-refractivity contribution is -0.434. The summed E-state index contributed by atoms with van der Waals surface area (Å²) in [5.74, 6) is -2.50. The molecule has 40 nitrogen and oxygen atoms in total. The number of sulfone groups is 1. The van der Waals surface area contributed by atoms with Gasteiger partial charge in [-0.2, -0.15) is 63.6 Å². The monoisotopic (exact) mass is 1520 g/mol. The minimum atomic E-state index is -5.42. The lowest BCUT2D eigenvalue weighted by atomic mass is 10.1. The Balaban J connectivity index is 0.888. The first-order chi connectivity index (χ1) is 47.9. The van der Waals surface area contributed by atoms with Crippen molar-refractivity contribution in [2.75, 3.05) is 123 Å². The number of aromatic hydroxyl groups is 2. The van der Waals surface area contributed by atoms with E-state index in [1.54, 1.807) is 4.90 Å². The van der Waals surface area contributed by atoms with Gasteiger partial charge in [-0.15, -0.1) is 24.8 Å². The van der Waals surface area contributed by atoms with Crippen LogP contribution in [0.3, 0.4) is 0 Å². The number of aromatic nitrogens is 6. The molecule has 0 aliphatic carbocycles. The topological polar surface area (TPSA) is 558 Å². The molecule has 0 unspecified atom stereocenters. The van der Waals surface area contributed by atoms with E-state index in [1.165, 1.54) is 44.4 Å². The van der Waals surface area contributed by atoms with Crippen LogP contribution in [-0.4, -0.2) is 198 Å². The fraction of sp³-hybridized carbons (Fsp3) is 0.309. The number of phenolic OH excluding ortho intramolecular Hbond substituents is 2. The van der Waals surface area contributed by atoms with E-state index in [2.05, 4.69) is 81.0 Å². The van der Waals surface area contributed by atoms with Gasteiger partial charge in [0.15, 0.2) is 33.7 Å². The van der Waals surface area contributed by atoms with Crippen molar-refractivity contribution in [3.8, 4) is 23.0 Å². The number of rotatable bonds is 30. The van der Waals surface area contributed by atoms with Crippen LogP contribution in [0, 0.1) is 6.92 Å². The number of ether oxygens (including phenoxy) is 4. The zero-order chi connectivity index (χ0) is 72.6. The Kier molecular flexibility index (Phi) is 23.1. The van der Waals surface area contributed by atoms with Crippen LogP contribution in [0.25, 0.3) is 21.5 Å². The number of azo groups is 2. The zero-order valence-corrected chi connectivity index (χ0v) is 57.6. The smallest absolute Gasteiger partial charge is 0.297 e. The van der Waals surface area contributed by atoms with Crippen LogP contribution >= 0.6 is 12.3 Å². The summed E-state index contributed by atoms with van der Waals surface area (Å²) < 4.78 is 200. The maximum Gasteiger partial charge on any atom is 0.297 e. The van der Waals surface area contributed by atoms with E-state index < -0.39 is 109 Å². The van der Waals surface area contributed by atoms with Crippen molar-refractivity contribution >= 4 is 154 Å². The normalized spacial score (nSPS) is 14.3. The first-order valence-electron chi connectivity index (χ1n) is 29.3. The molecule has 10 rings (SSSR count). The molecule has 0 saturated carbocycles. The van der Waals surface area contributed by atoms with Gasteiger partial charge in [-0.1, -0.05) is 11.1 Å². The van der Waals surface area contributed by atoms with E-state index in [-0.39, 0.29) is 136 Å². The number of anilines is 8. The summed E-state index contributed by atoms with van der Waals surface area (Å²) in [6, 6.07) is 13.4. The Morgan fingerprint density at radius 2 is 1.12 bits per heavy atom. The second kappa shape index (κ2) is 31.3. The Morgan fingerprint density at radius 1 is 0.554 bits per heavy atom. The molecule has 4 heterocycles. The number of hydrogen-bond donors (Lipinski definition) is 11. The fourth-order valence-electron chi connectivity index (χ4n) is 10.2. The van der Waals surface area contributed by atoms with Crippen LogP contribution in [0.4, 0.5) is 69.8 Å². The van der Waals surface area contributed by atoms with Crippen LogP contribution in [0.15, 0.2) is 118 Å². The molecule has 540 valence electrons. The molecule has 2 aromatic heterocycles. The fourth-order valence-corrected chi connectivity index (χ4v) is 14.3. The van der Waals surface area contributed by atoms with Crippen molar-refractivity contribution in [3.63, 3.8) is 0 Å². The highest BCUT2D eigenvalue weighted by molar-refractivity contribution is 7.91. The average molecular weight is 1520 g/mol. The minimum Gasteiger partial charge on any atom is -0.505 e. The Labute approximate surface area is 578 Å². The molecule has 0 bridgehead atoms. The summed E-state index contributed by atoms with van der Waals surface area (Å²) in [5.41, 5.74) is -2.06. The number of aryl methyl sites for hydroxylation is 1. The molecule has 2 saturated heterocycles. The maximum absolute atomic E-state index is 13.4. The standard InChI is InChI=1S/C55H60N16O24S6/c1-30-24-38(42(90-3)29-43(30)99(80,81)82)68-69-46-44(100(83,84)85)28-35-34(47(46)72)8-10-37(49(35)101(86,87)88)58-52-60-50(62-54(64-52)70-14-18-91-19-15-70)56-12-4-5-13-57-51-61-53(65-55(63-51)71-16-20-92-21-17-71)59-40-27-33(98(77,78)79)25-31-6-9-36(48(73)45(31)40)66-67-39-26-32(7-11-41(39)89-2)97(75,76)23-22-93-96-95-94-74/h6-11,24-29,72-74H,4-5,12-23H2,1-3H3,(H,77,78,79)(H,80,81,82)(H,83,84,85)(H,86,87,88)(H2,56,58,60,62,64)(H2,57,59,61,63,65). The molecule has 0 spiro atoms. The first-order valence-corrected chi connectivity index (χ1v) is 37.4. The summed E-state index contributed by atoms with van der Waals surface area (Å²) >= 11 is 0.197. The van der Waals surface area contributed by atoms with Gasteiger partial charge in [0.25, 0.3) is 40.5 Å². The number of unbranched alkanes of at least 4 members (excludes halogenated alkanes) is 1. The third-order valence-electron chi connectivity index (χ3n) is 14.9. The van der Waals surface area contributed by atoms with E-state index in [9.17, 15) is 70.5 Å². The van der Waals surface area contributed by atoms with Gasteiger partial charge in [0.2, 0.25) is 35.7 Å². The molecule has 101 heavy (non-hydrogen) atoms. The molecular formula is C55H60N16O24S6. The maximum atomic E-state index is 13.4. The number of methoxy groups -OCH3 is 2. The predicted octanol–water partition coefficient (Wildman–Crippen LogP) is 7.16. The highest BCUT2D eigenvalue weighted by Crippen LogP contribution is 2.47. The molecule has 2 fully saturated rings. The highest BCUT2D eigenvalue weighted by Gasteiger charge is 2.30. The average Bonchev–Trinajstić information content (AvgIpc) is 0.747. The second-order valence-corrected chi connectivity index (χ2v) is 29.6. The molecule has 0 amide bonds. The van der Waals surface area contributed by atoms with Gasteiger partial charge >= 0.3 is 0 Å². The molecule has 2 aliphatic heterocycles. The number of fused-ring (bicyclic) bond motifs is 2. The van der Waals surface area contributed by atoms with Gasteiger partial charge in [-0.3, -0.25) is 22.4 Å². The van der Waals surface area contributed by atoms with Crippen LogP contribution < -0.4 is 40.5 Å². The number of hydrogen-bond acceptors (Lipinski definition) is 37. The quantitative estimate of drug-likeness (QED) is 0.00531. The molecule has 0 radical (unpaired) electrons. The van der Waals surface area contributed by atoms with Crippen molar-refractivity contribution in [1.82, 2.24) is 29.9 Å². The summed E-state index contributed by atoms with van der Waals surface area (Å²) in [6.07, 6.45) is 0.825. The summed E-state index contributed by atoms with van der Waals surface area (Å²) in [6.45, 7) is 3.91. The van der Waals surface area contributed by atoms with E-state index in [0.29, 0.717) is 58.3 Å².